The molecule has 2 aliphatic rings. The number of carbonyl (C=O) groups excluding carboxylic acids is 1. The van der Waals surface area contributed by atoms with Crippen molar-refractivity contribution in [2.75, 3.05) is 13.7 Å². The minimum Gasteiger partial charge on any atom is -0.494 e. The number of rotatable bonds is 5. The first-order valence-electron chi connectivity index (χ1n) is 10.7. The Kier molecular flexibility index (Phi) is 5.10. The van der Waals surface area contributed by atoms with Crippen molar-refractivity contribution in [3.63, 3.8) is 0 Å². The number of benzene rings is 1. The largest absolute Gasteiger partial charge is 0.494 e. The van der Waals surface area contributed by atoms with Gasteiger partial charge in [-0.25, -0.2) is 4.79 Å². The second-order valence-electron chi connectivity index (χ2n) is 8.23. The van der Waals surface area contributed by atoms with Crippen LogP contribution in [0.25, 0.3) is 21.3 Å². The summed E-state index contributed by atoms with van der Waals surface area (Å²) in [4.78, 5) is 27.8. The number of hydrogen-bond donors (Lipinski definition) is 1. The quantitative estimate of drug-likeness (QED) is 0.606. The number of aliphatic hydroxyl groups is 1. The molecule has 1 unspecified atom stereocenters. The Labute approximate surface area is 184 Å². The van der Waals surface area contributed by atoms with Crippen LogP contribution >= 0.6 is 11.3 Å². The molecule has 1 aromatic carbocycles. The molecular weight excluding hydrogens is 414 g/mol. The van der Waals surface area contributed by atoms with E-state index in [1.807, 2.05) is 10.6 Å². The second-order valence-corrected chi connectivity index (χ2v) is 9.37. The van der Waals surface area contributed by atoms with E-state index < -0.39 is 5.97 Å². The molecule has 2 aliphatic carbocycles. The Morgan fingerprint density at radius 2 is 2.10 bits per heavy atom. The molecule has 1 N–H and O–H groups in total. The zero-order chi connectivity index (χ0) is 21.7. The SMILES string of the molecule is CCOC(=O)c1cn(C2CC2)c2c(OC)c(-c3cc4c(s3)CC(O)CC4)ccc2c1=O. The fraction of sp³-hybridized carbons (Fsp3) is 0.417. The maximum Gasteiger partial charge on any atom is 0.343 e. The molecule has 2 aromatic heterocycles. The number of aliphatic hydroxyl groups excluding tert-OH is 1. The van der Waals surface area contributed by atoms with E-state index in [0.29, 0.717) is 17.6 Å². The molecule has 1 saturated carbocycles. The zero-order valence-corrected chi connectivity index (χ0v) is 18.5. The molecule has 0 bridgehead atoms. The number of methoxy groups -OCH3 is 1. The molecule has 162 valence electrons. The minimum atomic E-state index is -0.587. The highest BCUT2D eigenvalue weighted by Crippen LogP contribution is 2.45. The van der Waals surface area contributed by atoms with E-state index in [1.165, 1.54) is 10.4 Å². The predicted molar refractivity (Wildman–Crippen MR) is 120 cm³/mol. The summed E-state index contributed by atoms with van der Waals surface area (Å²) in [6.45, 7) is 1.95. The van der Waals surface area contributed by atoms with Crippen molar-refractivity contribution in [3.05, 3.63) is 50.6 Å². The van der Waals surface area contributed by atoms with Crippen molar-refractivity contribution in [1.29, 1.82) is 0 Å². The van der Waals surface area contributed by atoms with Crippen LogP contribution in [-0.4, -0.2) is 35.5 Å². The molecule has 3 aromatic rings. The topological polar surface area (TPSA) is 77.8 Å². The number of aromatic nitrogens is 1. The highest BCUT2D eigenvalue weighted by molar-refractivity contribution is 7.15. The summed E-state index contributed by atoms with van der Waals surface area (Å²) < 4.78 is 13.0. The fourth-order valence-corrected chi connectivity index (χ4v) is 5.74. The van der Waals surface area contributed by atoms with Crippen molar-refractivity contribution >= 4 is 28.2 Å². The normalized spacial score (nSPS) is 18.1. The van der Waals surface area contributed by atoms with Crippen molar-refractivity contribution in [2.45, 2.75) is 51.2 Å². The van der Waals surface area contributed by atoms with Crippen LogP contribution in [0.5, 0.6) is 5.75 Å². The van der Waals surface area contributed by atoms with E-state index in [1.54, 1.807) is 37.6 Å². The molecule has 2 heterocycles. The Hall–Kier alpha value is -2.64. The van der Waals surface area contributed by atoms with Crippen molar-refractivity contribution in [2.24, 2.45) is 0 Å². The lowest BCUT2D eigenvalue weighted by atomic mass is 9.96. The lowest BCUT2D eigenvalue weighted by Crippen LogP contribution is -2.21. The summed E-state index contributed by atoms with van der Waals surface area (Å²) in [6, 6.07) is 6.13. The molecule has 0 saturated heterocycles. The third kappa shape index (κ3) is 3.46. The predicted octanol–water partition coefficient (Wildman–Crippen LogP) is 4.10. The van der Waals surface area contributed by atoms with Crippen LogP contribution in [0.3, 0.4) is 0 Å². The number of ether oxygens (including phenoxy) is 2. The average molecular weight is 440 g/mol. The van der Waals surface area contributed by atoms with Gasteiger partial charge in [0.05, 0.1) is 30.7 Å². The van der Waals surface area contributed by atoms with Crippen LogP contribution in [-0.2, 0) is 17.6 Å². The Balaban J connectivity index is 1.72. The first-order chi connectivity index (χ1) is 15.0. The number of pyridine rings is 1. The molecule has 7 heteroatoms. The maximum absolute atomic E-state index is 13.2. The van der Waals surface area contributed by atoms with Crippen LogP contribution in [0.4, 0.5) is 0 Å². The molecule has 5 rings (SSSR count). The fourth-order valence-electron chi connectivity index (χ4n) is 4.44. The third-order valence-corrected chi connectivity index (χ3v) is 7.35. The number of nitrogens with zero attached hydrogens (tertiary/aromatic N) is 1. The van der Waals surface area contributed by atoms with Crippen LogP contribution in [0.2, 0.25) is 0 Å². The van der Waals surface area contributed by atoms with E-state index in [4.69, 9.17) is 9.47 Å². The lowest BCUT2D eigenvalue weighted by Gasteiger charge is -2.17. The van der Waals surface area contributed by atoms with Gasteiger partial charge in [-0.05, 0) is 56.4 Å². The highest BCUT2D eigenvalue weighted by Gasteiger charge is 2.30. The van der Waals surface area contributed by atoms with Gasteiger partial charge in [-0.15, -0.1) is 11.3 Å². The average Bonchev–Trinajstić information content (AvgIpc) is 3.52. The third-order valence-electron chi connectivity index (χ3n) is 6.12. The minimum absolute atomic E-state index is 0.0663. The van der Waals surface area contributed by atoms with Gasteiger partial charge in [0, 0.05) is 34.0 Å². The number of fused-ring (bicyclic) bond motifs is 2. The second kappa shape index (κ2) is 7.80. The molecule has 1 atom stereocenters. The van der Waals surface area contributed by atoms with E-state index in [9.17, 15) is 14.7 Å². The molecule has 0 spiro atoms. The van der Waals surface area contributed by atoms with Crippen molar-refractivity contribution < 1.29 is 19.4 Å². The number of hydrogen-bond acceptors (Lipinski definition) is 6. The monoisotopic (exact) mass is 439 g/mol. The van der Waals surface area contributed by atoms with Crippen LogP contribution in [0, 0.1) is 0 Å². The number of esters is 1. The lowest BCUT2D eigenvalue weighted by molar-refractivity contribution is 0.0524. The van der Waals surface area contributed by atoms with Gasteiger partial charge < -0.3 is 19.1 Å². The van der Waals surface area contributed by atoms with Crippen LogP contribution in [0.15, 0.2) is 29.2 Å². The summed E-state index contributed by atoms with van der Waals surface area (Å²) in [7, 11) is 1.62. The van der Waals surface area contributed by atoms with Crippen molar-refractivity contribution in [1.82, 2.24) is 4.57 Å². The van der Waals surface area contributed by atoms with E-state index >= 15 is 0 Å². The molecule has 31 heavy (non-hydrogen) atoms. The number of carbonyl (C=O) groups is 1. The molecule has 6 nitrogen and oxygen atoms in total. The molecule has 1 fully saturated rings. The Bertz CT molecular complexity index is 1240. The summed E-state index contributed by atoms with van der Waals surface area (Å²) in [5.41, 5.74) is 2.68. The van der Waals surface area contributed by atoms with Gasteiger partial charge in [0.2, 0.25) is 5.43 Å². The van der Waals surface area contributed by atoms with E-state index in [-0.39, 0.29) is 29.7 Å². The zero-order valence-electron chi connectivity index (χ0n) is 17.6. The first-order valence-corrected chi connectivity index (χ1v) is 11.6. The van der Waals surface area contributed by atoms with Gasteiger partial charge in [0.15, 0.2) is 5.75 Å². The Morgan fingerprint density at radius 3 is 2.81 bits per heavy atom. The van der Waals surface area contributed by atoms with Crippen LogP contribution < -0.4 is 10.2 Å². The van der Waals surface area contributed by atoms with Gasteiger partial charge in [0.1, 0.15) is 5.56 Å². The van der Waals surface area contributed by atoms with Crippen molar-refractivity contribution in [3.8, 4) is 16.2 Å². The van der Waals surface area contributed by atoms with Gasteiger partial charge in [0.25, 0.3) is 0 Å². The van der Waals surface area contributed by atoms with Crippen LogP contribution in [0.1, 0.15) is 53.0 Å². The Morgan fingerprint density at radius 1 is 1.29 bits per heavy atom. The van der Waals surface area contributed by atoms with Gasteiger partial charge in [-0.1, -0.05) is 0 Å². The summed E-state index contributed by atoms with van der Waals surface area (Å²) in [5.74, 6) is 0.0624. The standard InChI is InChI=1S/C24H25NO5S/c1-3-30-24(28)18-12-25(14-5-6-14)21-17(22(18)27)9-8-16(23(21)29-2)20-10-13-4-7-15(26)11-19(13)31-20/h8-10,12,14-15,26H,3-7,11H2,1-2H3. The smallest absolute Gasteiger partial charge is 0.343 e. The molecule has 0 radical (unpaired) electrons. The number of aryl methyl sites for hydroxylation is 1. The van der Waals surface area contributed by atoms with Gasteiger partial charge in [-0.2, -0.15) is 0 Å². The molecule has 0 amide bonds. The van der Waals surface area contributed by atoms with E-state index in [2.05, 4.69) is 6.07 Å². The summed E-state index contributed by atoms with van der Waals surface area (Å²) in [5, 5.41) is 10.5. The highest BCUT2D eigenvalue weighted by atomic mass is 32.1. The first kappa shape index (κ1) is 20.3. The summed E-state index contributed by atoms with van der Waals surface area (Å²) >= 11 is 1.68. The van der Waals surface area contributed by atoms with Gasteiger partial charge >= 0.3 is 5.97 Å². The summed E-state index contributed by atoms with van der Waals surface area (Å²) in [6.07, 6.45) is 5.71. The maximum atomic E-state index is 13.2. The molecular formula is C24H25NO5S. The van der Waals surface area contributed by atoms with Gasteiger partial charge in [-0.3, -0.25) is 4.79 Å². The van der Waals surface area contributed by atoms with E-state index in [0.717, 1.165) is 41.6 Å². The molecule has 0 aliphatic heterocycles. The number of thiophene rings is 1.